The van der Waals surface area contributed by atoms with Crippen LogP contribution in [0.2, 0.25) is 0 Å². The molecule has 5 aromatic rings. The predicted octanol–water partition coefficient (Wildman–Crippen LogP) is 7.52. The van der Waals surface area contributed by atoms with E-state index in [0.29, 0.717) is 17.5 Å². The lowest BCUT2D eigenvalue weighted by molar-refractivity contribution is 1.07. The Morgan fingerprint density at radius 2 is 1.50 bits per heavy atom. The first-order chi connectivity index (χ1) is 16.7. The van der Waals surface area contributed by atoms with Crippen LogP contribution in [-0.4, -0.2) is 19.5 Å². The molecule has 3 heterocycles. The molecule has 5 rings (SSSR count). The maximum absolute atomic E-state index is 6.19. The minimum Gasteiger partial charge on any atom is -0.383 e. The number of rotatable bonds is 4. The molecule has 0 aliphatic rings. The van der Waals surface area contributed by atoms with Gasteiger partial charge in [0.25, 0.3) is 0 Å². The number of imidazole rings is 1. The molecule has 5 nitrogen and oxygen atoms in total. The molecular formula is C28H30ClN5. The van der Waals surface area contributed by atoms with Crippen LogP contribution >= 0.6 is 11.6 Å². The van der Waals surface area contributed by atoms with Crippen molar-refractivity contribution >= 4 is 28.6 Å². The normalized spacial score (nSPS) is 10.1. The zero-order chi connectivity index (χ0) is 24.5. The van der Waals surface area contributed by atoms with Crippen LogP contribution in [0.25, 0.3) is 39.5 Å². The van der Waals surface area contributed by atoms with E-state index in [1.165, 1.54) is 0 Å². The number of halogens is 1. The van der Waals surface area contributed by atoms with E-state index in [1.54, 1.807) is 6.20 Å². The van der Waals surface area contributed by atoms with Crippen LogP contribution in [0, 0.1) is 0 Å². The van der Waals surface area contributed by atoms with Crippen LogP contribution < -0.4 is 5.73 Å². The van der Waals surface area contributed by atoms with Crippen LogP contribution in [0.3, 0.4) is 0 Å². The molecule has 0 aliphatic heterocycles. The Hall–Kier alpha value is -3.70. The van der Waals surface area contributed by atoms with Crippen molar-refractivity contribution in [3.05, 3.63) is 90.6 Å². The van der Waals surface area contributed by atoms with Gasteiger partial charge in [-0.2, -0.15) is 0 Å². The maximum Gasteiger partial charge on any atom is 0.165 e. The van der Waals surface area contributed by atoms with Crippen LogP contribution in [0.4, 0.5) is 5.82 Å². The highest BCUT2D eigenvalue weighted by molar-refractivity contribution is 6.17. The van der Waals surface area contributed by atoms with Gasteiger partial charge in [0.2, 0.25) is 0 Å². The SMILES string of the molecule is CC.CC.Nc1ncccc1-c1nc2ccc(-c3ccccc3)nc2n1-c1ccc(CCl)cc1. The summed E-state index contributed by atoms with van der Waals surface area (Å²) in [6.07, 6.45) is 1.67. The number of fused-ring (bicyclic) bond motifs is 1. The van der Waals surface area contributed by atoms with E-state index in [2.05, 4.69) is 4.98 Å². The quantitative estimate of drug-likeness (QED) is 0.275. The Morgan fingerprint density at radius 3 is 2.15 bits per heavy atom. The second kappa shape index (κ2) is 12.0. The van der Waals surface area contributed by atoms with Crippen LogP contribution in [0.1, 0.15) is 33.3 Å². The summed E-state index contributed by atoms with van der Waals surface area (Å²) in [6.45, 7) is 8.00. The first kappa shape index (κ1) is 24.9. The van der Waals surface area contributed by atoms with Crippen molar-refractivity contribution in [3.63, 3.8) is 0 Å². The van der Waals surface area contributed by atoms with Crippen LogP contribution in [0.5, 0.6) is 0 Å². The Morgan fingerprint density at radius 1 is 0.794 bits per heavy atom. The molecular weight excluding hydrogens is 442 g/mol. The molecule has 0 spiro atoms. The van der Waals surface area contributed by atoms with Crippen molar-refractivity contribution in [1.82, 2.24) is 19.5 Å². The average molecular weight is 472 g/mol. The summed E-state index contributed by atoms with van der Waals surface area (Å²) >= 11 is 5.98. The topological polar surface area (TPSA) is 69.6 Å². The number of pyridine rings is 2. The summed E-state index contributed by atoms with van der Waals surface area (Å²) in [5.41, 5.74) is 12.4. The van der Waals surface area contributed by atoms with Gasteiger partial charge in [-0.3, -0.25) is 4.57 Å². The number of aromatic nitrogens is 4. The molecule has 0 saturated carbocycles. The Bertz CT molecular complexity index is 1330. The molecule has 0 unspecified atom stereocenters. The average Bonchev–Trinajstić information content (AvgIpc) is 3.30. The zero-order valence-electron chi connectivity index (χ0n) is 20.0. The predicted molar refractivity (Wildman–Crippen MR) is 144 cm³/mol. The van der Waals surface area contributed by atoms with E-state index in [4.69, 9.17) is 27.3 Å². The lowest BCUT2D eigenvalue weighted by Crippen LogP contribution is -2.02. The molecule has 2 N–H and O–H groups in total. The smallest absolute Gasteiger partial charge is 0.165 e. The highest BCUT2D eigenvalue weighted by Crippen LogP contribution is 2.31. The van der Waals surface area contributed by atoms with Gasteiger partial charge in [-0.15, -0.1) is 11.6 Å². The summed E-state index contributed by atoms with van der Waals surface area (Å²) in [5.74, 6) is 1.59. The van der Waals surface area contributed by atoms with Gasteiger partial charge in [0.1, 0.15) is 11.3 Å². The summed E-state index contributed by atoms with van der Waals surface area (Å²) in [4.78, 5) is 14.0. The number of nitrogens with two attached hydrogens (primary N) is 1. The highest BCUT2D eigenvalue weighted by atomic mass is 35.5. The van der Waals surface area contributed by atoms with Crippen molar-refractivity contribution in [2.75, 3.05) is 5.73 Å². The second-order valence-electron chi connectivity index (χ2n) is 6.91. The first-order valence-electron chi connectivity index (χ1n) is 11.6. The molecule has 0 fully saturated rings. The fourth-order valence-corrected chi connectivity index (χ4v) is 3.67. The zero-order valence-corrected chi connectivity index (χ0v) is 20.8. The monoisotopic (exact) mass is 471 g/mol. The number of nitrogens with zero attached hydrogens (tertiary/aromatic N) is 4. The molecule has 0 aliphatic carbocycles. The largest absolute Gasteiger partial charge is 0.383 e. The fourth-order valence-electron chi connectivity index (χ4n) is 3.49. The number of hydrogen-bond acceptors (Lipinski definition) is 4. The summed E-state index contributed by atoms with van der Waals surface area (Å²) in [6, 6.07) is 25.9. The van der Waals surface area contributed by atoms with Crippen molar-refractivity contribution in [1.29, 1.82) is 0 Å². The van der Waals surface area contributed by atoms with Gasteiger partial charge in [0.15, 0.2) is 11.5 Å². The molecule has 0 radical (unpaired) electrons. The van der Waals surface area contributed by atoms with E-state index in [9.17, 15) is 0 Å². The van der Waals surface area contributed by atoms with Crippen LogP contribution in [0.15, 0.2) is 85.1 Å². The van der Waals surface area contributed by atoms with Crippen molar-refractivity contribution < 1.29 is 0 Å². The Labute approximate surface area is 206 Å². The summed E-state index contributed by atoms with van der Waals surface area (Å²) < 4.78 is 2.02. The summed E-state index contributed by atoms with van der Waals surface area (Å²) in [7, 11) is 0. The number of hydrogen-bond donors (Lipinski definition) is 1. The molecule has 0 atom stereocenters. The third-order valence-corrected chi connectivity index (χ3v) is 5.31. The third-order valence-electron chi connectivity index (χ3n) is 5.00. The molecule has 2 aromatic carbocycles. The van der Waals surface area contributed by atoms with Gasteiger partial charge < -0.3 is 5.73 Å². The summed E-state index contributed by atoms with van der Waals surface area (Å²) in [5, 5.41) is 0. The number of alkyl halides is 1. The molecule has 174 valence electrons. The van der Waals surface area contributed by atoms with Crippen molar-refractivity contribution in [3.8, 4) is 28.3 Å². The lowest BCUT2D eigenvalue weighted by Gasteiger charge is -2.11. The minimum absolute atomic E-state index is 0.426. The number of nitrogen functional groups attached to an aromatic ring is 1. The molecule has 3 aromatic heterocycles. The van der Waals surface area contributed by atoms with Gasteiger partial charge in [-0.1, -0.05) is 70.2 Å². The van der Waals surface area contributed by atoms with Crippen molar-refractivity contribution in [2.45, 2.75) is 33.6 Å². The van der Waals surface area contributed by atoms with E-state index in [-0.39, 0.29) is 0 Å². The lowest BCUT2D eigenvalue weighted by atomic mass is 10.1. The Kier molecular flexibility index (Phi) is 8.77. The molecule has 0 amide bonds. The Balaban J connectivity index is 0.000000771. The van der Waals surface area contributed by atoms with E-state index < -0.39 is 0 Å². The van der Waals surface area contributed by atoms with E-state index >= 15 is 0 Å². The van der Waals surface area contributed by atoms with E-state index in [0.717, 1.165) is 39.2 Å². The van der Waals surface area contributed by atoms with Gasteiger partial charge in [0.05, 0.1) is 11.3 Å². The minimum atomic E-state index is 0.426. The maximum atomic E-state index is 6.19. The molecule has 6 heteroatoms. The molecule has 0 saturated heterocycles. The fraction of sp³-hybridized carbons (Fsp3) is 0.179. The van der Waals surface area contributed by atoms with Gasteiger partial charge in [0, 0.05) is 23.3 Å². The van der Waals surface area contributed by atoms with Gasteiger partial charge in [-0.05, 0) is 42.0 Å². The standard InChI is InChI=1S/C24H18ClN5.2C2H6/c25-15-16-8-10-18(11-9-16)30-23(19-7-4-14-27-22(19)26)29-21-13-12-20(28-24(21)30)17-5-2-1-3-6-17;2*1-2/h1-14H,15H2,(H2,26,27);2*1-2H3. The third kappa shape index (κ3) is 5.10. The molecule has 34 heavy (non-hydrogen) atoms. The molecule has 0 bridgehead atoms. The van der Waals surface area contributed by atoms with E-state index in [1.807, 2.05) is 111 Å². The number of anilines is 1. The van der Waals surface area contributed by atoms with Crippen molar-refractivity contribution in [2.24, 2.45) is 0 Å². The van der Waals surface area contributed by atoms with Gasteiger partial charge in [-0.25, -0.2) is 15.0 Å². The number of benzene rings is 2. The second-order valence-corrected chi connectivity index (χ2v) is 7.18. The first-order valence-corrected chi connectivity index (χ1v) is 12.1. The van der Waals surface area contributed by atoms with Gasteiger partial charge >= 0.3 is 0 Å². The highest BCUT2D eigenvalue weighted by Gasteiger charge is 2.18. The van der Waals surface area contributed by atoms with Crippen LogP contribution in [-0.2, 0) is 5.88 Å².